The minimum absolute atomic E-state index is 0.110. The monoisotopic (exact) mass is 233 g/mol. The number of rotatable bonds is 2. The number of amides is 2. The summed E-state index contributed by atoms with van der Waals surface area (Å²) >= 11 is 0. The lowest BCUT2D eigenvalue weighted by atomic mass is 9.87. The fraction of sp³-hybridized carbons (Fsp3) is 0.625. The first kappa shape index (κ1) is 12.0. The molecule has 85 valence electrons. The Morgan fingerprint density at radius 3 is 2.20 bits per heavy atom. The molecule has 7 heteroatoms. The van der Waals surface area contributed by atoms with Gasteiger partial charge in [-0.2, -0.15) is 0 Å². The predicted molar refractivity (Wildman–Crippen MR) is 53.1 cm³/mol. The molecule has 0 saturated carbocycles. The highest BCUT2D eigenvalue weighted by molar-refractivity contribution is 7.93. The molecule has 1 aliphatic heterocycles. The molecule has 0 aromatic heterocycles. The Hall–Kier alpha value is -1.11. The minimum Gasteiger partial charge on any atom is -0.369 e. The second kappa shape index (κ2) is 3.48. The molecule has 0 aromatic rings. The van der Waals surface area contributed by atoms with Gasteiger partial charge in [0, 0.05) is 0 Å². The molecular weight excluding hydrogens is 220 g/mol. The largest absolute Gasteiger partial charge is 0.369 e. The van der Waals surface area contributed by atoms with Gasteiger partial charge in [0.05, 0.1) is 11.7 Å². The molecule has 1 heterocycles. The normalized spacial score (nSPS) is 31.0. The Labute approximate surface area is 87.9 Å². The molecule has 1 radical (unpaired) electrons. The Kier molecular flexibility index (Phi) is 2.77. The Morgan fingerprint density at radius 1 is 1.33 bits per heavy atom. The van der Waals surface area contributed by atoms with E-state index in [1.165, 1.54) is 0 Å². The van der Waals surface area contributed by atoms with Crippen LogP contribution >= 0.6 is 0 Å². The first-order valence-corrected chi connectivity index (χ1v) is 6.07. The van der Waals surface area contributed by atoms with Crippen molar-refractivity contribution in [2.75, 3.05) is 5.75 Å². The van der Waals surface area contributed by atoms with E-state index >= 15 is 0 Å². The van der Waals surface area contributed by atoms with E-state index in [2.05, 4.69) is 0 Å². The number of sulfone groups is 1. The average molecular weight is 233 g/mol. The molecule has 0 spiro atoms. The number of primary amides is 2. The average Bonchev–Trinajstić information content (AvgIpc) is 2.08. The lowest BCUT2D eigenvalue weighted by molar-refractivity contribution is -0.124. The highest BCUT2D eigenvalue weighted by Crippen LogP contribution is 2.37. The zero-order chi connectivity index (χ0) is 11.9. The fourth-order valence-corrected chi connectivity index (χ4v) is 3.55. The van der Waals surface area contributed by atoms with Crippen molar-refractivity contribution < 1.29 is 18.0 Å². The van der Waals surface area contributed by atoms with Gasteiger partial charge in [0.15, 0.2) is 14.6 Å². The number of nitrogens with two attached hydrogens (primary N) is 2. The van der Waals surface area contributed by atoms with Crippen molar-refractivity contribution in [3.8, 4) is 0 Å². The molecule has 15 heavy (non-hydrogen) atoms. The van der Waals surface area contributed by atoms with Crippen LogP contribution in [0.3, 0.4) is 0 Å². The van der Waals surface area contributed by atoms with E-state index in [1.807, 2.05) is 0 Å². The summed E-state index contributed by atoms with van der Waals surface area (Å²) in [6, 6.07) is 0. The van der Waals surface area contributed by atoms with Crippen LogP contribution in [0.5, 0.6) is 0 Å². The van der Waals surface area contributed by atoms with Crippen LogP contribution in [0.1, 0.15) is 19.8 Å². The summed E-state index contributed by atoms with van der Waals surface area (Å²) in [5.41, 5.74) is 10.1. The molecule has 4 N–H and O–H groups in total. The van der Waals surface area contributed by atoms with Gasteiger partial charge in [0.1, 0.15) is 0 Å². The molecule has 1 aliphatic rings. The van der Waals surface area contributed by atoms with Gasteiger partial charge in [0.2, 0.25) is 11.8 Å². The smallest absolute Gasteiger partial charge is 0.239 e. The summed E-state index contributed by atoms with van der Waals surface area (Å²) in [6.07, 6.45) is 0.498. The third-order valence-corrected chi connectivity index (χ3v) is 5.32. The molecule has 6 nitrogen and oxygen atoms in total. The lowest BCUT2D eigenvalue weighted by Gasteiger charge is -2.35. The second-order valence-corrected chi connectivity index (χ2v) is 6.12. The van der Waals surface area contributed by atoms with Crippen molar-refractivity contribution >= 4 is 21.7 Å². The number of carbonyl (C=O) groups excluding carboxylic acids is 2. The second-order valence-electron chi connectivity index (χ2n) is 3.66. The van der Waals surface area contributed by atoms with Crippen molar-refractivity contribution in [1.29, 1.82) is 0 Å². The summed E-state index contributed by atoms with van der Waals surface area (Å²) < 4.78 is 21.5. The van der Waals surface area contributed by atoms with Gasteiger partial charge in [-0.1, -0.05) is 0 Å². The van der Waals surface area contributed by atoms with Crippen LogP contribution in [0.2, 0.25) is 0 Å². The highest BCUT2D eigenvalue weighted by atomic mass is 32.2. The van der Waals surface area contributed by atoms with Crippen LogP contribution in [0.15, 0.2) is 0 Å². The van der Waals surface area contributed by atoms with Gasteiger partial charge in [-0.25, -0.2) is 8.42 Å². The van der Waals surface area contributed by atoms with Crippen LogP contribution in [-0.2, 0) is 19.4 Å². The summed E-state index contributed by atoms with van der Waals surface area (Å²) in [5.74, 6) is -2.18. The maximum Gasteiger partial charge on any atom is 0.239 e. The molecule has 1 saturated heterocycles. The molecular formula is C8H13N2O4S. The highest BCUT2D eigenvalue weighted by Gasteiger charge is 2.55. The van der Waals surface area contributed by atoms with Gasteiger partial charge < -0.3 is 11.5 Å². The van der Waals surface area contributed by atoms with Crippen molar-refractivity contribution in [2.45, 2.75) is 24.5 Å². The molecule has 1 unspecified atom stereocenters. The topological polar surface area (TPSA) is 120 Å². The zero-order valence-electron chi connectivity index (χ0n) is 8.32. The van der Waals surface area contributed by atoms with Crippen molar-refractivity contribution in [1.82, 2.24) is 0 Å². The SMILES string of the molecule is CC1(C(N)=O)[C](C(N)=O)CCCS1(=O)=O. The Morgan fingerprint density at radius 2 is 1.87 bits per heavy atom. The maximum absolute atomic E-state index is 11.7. The zero-order valence-corrected chi connectivity index (χ0v) is 9.13. The van der Waals surface area contributed by atoms with Gasteiger partial charge in [-0.05, 0) is 19.8 Å². The van der Waals surface area contributed by atoms with E-state index in [0.717, 1.165) is 6.92 Å². The van der Waals surface area contributed by atoms with Crippen molar-refractivity contribution in [2.24, 2.45) is 11.5 Å². The van der Waals surface area contributed by atoms with Gasteiger partial charge in [-0.3, -0.25) is 9.59 Å². The van der Waals surface area contributed by atoms with E-state index in [4.69, 9.17) is 11.5 Å². The molecule has 0 aromatic carbocycles. The molecule has 1 rings (SSSR count). The van der Waals surface area contributed by atoms with Crippen LogP contribution < -0.4 is 11.5 Å². The Bertz CT molecular complexity index is 403. The maximum atomic E-state index is 11.7. The first-order chi connectivity index (χ1) is 6.73. The van der Waals surface area contributed by atoms with Crippen LogP contribution in [0.25, 0.3) is 0 Å². The van der Waals surface area contributed by atoms with E-state index in [9.17, 15) is 18.0 Å². The van der Waals surface area contributed by atoms with Gasteiger partial charge >= 0.3 is 0 Å². The number of hydrogen-bond acceptors (Lipinski definition) is 4. The standard InChI is InChI=1S/C8H13N2O4S/c1-8(7(10)12)5(6(9)11)3-2-4-15(8,13)14/h2-4H2,1H3,(H2,9,11)(H2,10,12). The quantitative estimate of drug-likeness (QED) is 0.602. The van der Waals surface area contributed by atoms with Crippen molar-refractivity contribution in [3.05, 3.63) is 5.92 Å². The van der Waals surface area contributed by atoms with Crippen molar-refractivity contribution in [3.63, 3.8) is 0 Å². The summed E-state index contributed by atoms with van der Waals surface area (Å²) in [5, 5.41) is 0. The van der Waals surface area contributed by atoms with Crippen LogP contribution in [0.4, 0.5) is 0 Å². The van der Waals surface area contributed by atoms with Crippen LogP contribution in [-0.4, -0.2) is 30.7 Å². The number of carbonyl (C=O) groups is 2. The summed E-state index contributed by atoms with van der Waals surface area (Å²) in [6.45, 7) is 1.14. The number of hydrogen-bond donors (Lipinski definition) is 2. The fourth-order valence-electron chi connectivity index (χ4n) is 1.73. The van der Waals surface area contributed by atoms with E-state index < -0.39 is 26.4 Å². The van der Waals surface area contributed by atoms with E-state index in [-0.39, 0.29) is 18.1 Å². The first-order valence-electron chi connectivity index (χ1n) is 4.42. The third kappa shape index (κ3) is 1.60. The molecule has 2 amide bonds. The summed E-state index contributed by atoms with van der Waals surface area (Å²) in [4.78, 5) is 22.3. The van der Waals surface area contributed by atoms with E-state index in [1.54, 1.807) is 0 Å². The lowest BCUT2D eigenvalue weighted by Crippen LogP contribution is -2.58. The van der Waals surface area contributed by atoms with Gasteiger partial charge in [-0.15, -0.1) is 0 Å². The van der Waals surface area contributed by atoms with Gasteiger partial charge in [0.25, 0.3) is 0 Å². The molecule has 1 fully saturated rings. The minimum atomic E-state index is -3.73. The summed E-state index contributed by atoms with van der Waals surface area (Å²) in [7, 11) is -3.73. The molecule has 0 aliphatic carbocycles. The molecule has 1 atom stereocenters. The predicted octanol–water partition coefficient (Wildman–Crippen LogP) is -1.50. The molecule has 0 bridgehead atoms. The Balaban J connectivity index is 3.32. The van der Waals surface area contributed by atoms with Crippen LogP contribution in [0, 0.1) is 5.92 Å². The van der Waals surface area contributed by atoms with E-state index in [0.29, 0.717) is 6.42 Å². The third-order valence-electron chi connectivity index (χ3n) is 2.81.